The van der Waals surface area contributed by atoms with Gasteiger partial charge in [0.2, 0.25) is 0 Å². The number of esters is 1. The van der Waals surface area contributed by atoms with E-state index in [4.69, 9.17) is 4.74 Å². The molecule has 1 aromatic rings. The van der Waals surface area contributed by atoms with Gasteiger partial charge >= 0.3 is 5.97 Å². The molecule has 0 radical (unpaired) electrons. The summed E-state index contributed by atoms with van der Waals surface area (Å²) in [5, 5.41) is 2.95. The van der Waals surface area contributed by atoms with E-state index < -0.39 is 5.41 Å². The van der Waals surface area contributed by atoms with Crippen molar-refractivity contribution in [3.8, 4) is 0 Å². The van der Waals surface area contributed by atoms with Gasteiger partial charge in [-0.15, -0.1) is 0 Å². The Labute approximate surface area is 175 Å². The summed E-state index contributed by atoms with van der Waals surface area (Å²) in [5.41, 5.74) is 1.70. The smallest absolute Gasteiger partial charge is 0.311 e. The zero-order chi connectivity index (χ0) is 21.6. The lowest BCUT2D eigenvalue weighted by Crippen LogP contribution is -2.48. The van der Waals surface area contributed by atoms with Gasteiger partial charge in [0.05, 0.1) is 11.5 Å². The summed E-state index contributed by atoms with van der Waals surface area (Å²) < 4.78 is 5.13. The van der Waals surface area contributed by atoms with Crippen molar-refractivity contribution >= 4 is 17.6 Å². The predicted molar refractivity (Wildman–Crippen MR) is 116 cm³/mol. The number of nitrogens with one attached hydrogen (secondary N) is 1. The molecule has 1 saturated heterocycles. The van der Waals surface area contributed by atoms with Crippen molar-refractivity contribution < 1.29 is 14.3 Å². The zero-order valence-electron chi connectivity index (χ0n) is 18.7. The van der Waals surface area contributed by atoms with E-state index in [1.165, 1.54) is 5.56 Å². The standard InChI is InChI=1S/C22H36N4O3/c1-22(2,3)21(28)29-16-20(27)23-15-19(26-13-11-25(6)12-14-26)17-7-9-18(10-8-17)24(4)5/h7-10,19H,11-16H2,1-6H3,(H,23,27). The molecule has 1 fully saturated rings. The number of ether oxygens (including phenoxy) is 1. The van der Waals surface area contributed by atoms with Crippen molar-refractivity contribution in [3.63, 3.8) is 0 Å². The molecule has 1 heterocycles. The van der Waals surface area contributed by atoms with Crippen LogP contribution >= 0.6 is 0 Å². The van der Waals surface area contributed by atoms with Crippen molar-refractivity contribution in [2.45, 2.75) is 26.8 Å². The maximum absolute atomic E-state index is 12.3. The average molecular weight is 405 g/mol. The first kappa shape index (κ1) is 23.2. The Morgan fingerprint density at radius 2 is 1.69 bits per heavy atom. The first-order valence-electron chi connectivity index (χ1n) is 10.2. The van der Waals surface area contributed by atoms with Crippen LogP contribution in [-0.4, -0.2) is 82.1 Å². The molecule has 0 bridgehead atoms. The highest BCUT2D eigenvalue weighted by atomic mass is 16.5. The second-order valence-electron chi connectivity index (χ2n) is 8.97. The van der Waals surface area contributed by atoms with Crippen LogP contribution in [0.3, 0.4) is 0 Å². The summed E-state index contributed by atoms with van der Waals surface area (Å²) in [6, 6.07) is 8.55. The first-order valence-corrected chi connectivity index (χ1v) is 10.2. The van der Waals surface area contributed by atoms with E-state index in [1.54, 1.807) is 20.8 Å². The number of carbonyl (C=O) groups excluding carboxylic acids is 2. The van der Waals surface area contributed by atoms with Crippen molar-refractivity contribution in [1.29, 1.82) is 0 Å². The number of likely N-dealkylation sites (N-methyl/N-ethyl adjacent to an activating group) is 1. The number of amides is 1. The minimum absolute atomic E-state index is 0.0854. The molecule has 1 amide bonds. The topological polar surface area (TPSA) is 65.1 Å². The third-order valence-corrected chi connectivity index (χ3v) is 5.21. The molecule has 0 spiro atoms. The van der Waals surface area contributed by atoms with Crippen LogP contribution in [0.5, 0.6) is 0 Å². The quantitative estimate of drug-likeness (QED) is 0.699. The summed E-state index contributed by atoms with van der Waals surface area (Å²) in [4.78, 5) is 30.9. The van der Waals surface area contributed by atoms with Crippen molar-refractivity contribution in [2.24, 2.45) is 5.41 Å². The van der Waals surface area contributed by atoms with E-state index in [2.05, 4.69) is 51.3 Å². The molecular weight excluding hydrogens is 368 g/mol. The number of piperazine rings is 1. The molecule has 162 valence electrons. The van der Waals surface area contributed by atoms with Crippen LogP contribution in [0, 0.1) is 5.41 Å². The monoisotopic (exact) mass is 404 g/mol. The summed E-state index contributed by atoms with van der Waals surface area (Å²) in [6.07, 6.45) is 0. The Bertz CT molecular complexity index is 674. The van der Waals surface area contributed by atoms with E-state index >= 15 is 0 Å². The van der Waals surface area contributed by atoms with E-state index in [1.807, 2.05) is 14.1 Å². The molecule has 7 nitrogen and oxygen atoms in total. The fourth-order valence-electron chi connectivity index (χ4n) is 3.20. The first-order chi connectivity index (χ1) is 13.6. The summed E-state index contributed by atoms with van der Waals surface area (Å²) in [6.45, 7) is 9.46. The molecular formula is C22H36N4O3. The Hall–Kier alpha value is -2.12. The van der Waals surface area contributed by atoms with Gasteiger partial charge in [0.15, 0.2) is 6.61 Å². The Kier molecular flexibility index (Phi) is 8.05. The molecule has 1 atom stereocenters. The minimum atomic E-state index is -0.614. The van der Waals surface area contributed by atoms with Crippen molar-refractivity contribution in [1.82, 2.24) is 15.1 Å². The van der Waals surface area contributed by atoms with Gasteiger partial charge in [-0.2, -0.15) is 0 Å². The summed E-state index contributed by atoms with van der Waals surface area (Å²) >= 11 is 0. The zero-order valence-corrected chi connectivity index (χ0v) is 18.7. The van der Waals surface area contributed by atoms with Gasteiger partial charge in [0.25, 0.3) is 5.91 Å². The molecule has 1 unspecified atom stereocenters. The van der Waals surface area contributed by atoms with Crippen LogP contribution in [0.4, 0.5) is 5.69 Å². The van der Waals surface area contributed by atoms with Gasteiger partial charge in [-0.25, -0.2) is 0 Å². The molecule has 7 heteroatoms. The summed E-state index contributed by atoms with van der Waals surface area (Å²) in [5.74, 6) is -0.644. The van der Waals surface area contributed by atoms with Gasteiger partial charge in [-0.1, -0.05) is 12.1 Å². The van der Waals surface area contributed by atoms with Crippen LogP contribution in [-0.2, 0) is 14.3 Å². The van der Waals surface area contributed by atoms with Crippen LogP contribution in [0.2, 0.25) is 0 Å². The lowest BCUT2D eigenvalue weighted by Gasteiger charge is -2.38. The largest absolute Gasteiger partial charge is 0.455 e. The average Bonchev–Trinajstić information content (AvgIpc) is 2.67. The third-order valence-electron chi connectivity index (χ3n) is 5.21. The molecule has 2 rings (SSSR count). The maximum Gasteiger partial charge on any atom is 0.311 e. The fourth-order valence-corrected chi connectivity index (χ4v) is 3.20. The molecule has 29 heavy (non-hydrogen) atoms. The number of benzene rings is 1. The second-order valence-corrected chi connectivity index (χ2v) is 8.97. The van der Waals surface area contributed by atoms with Crippen LogP contribution in [0.15, 0.2) is 24.3 Å². The molecule has 1 N–H and O–H groups in total. The minimum Gasteiger partial charge on any atom is -0.455 e. The SMILES string of the molecule is CN1CCN(C(CNC(=O)COC(=O)C(C)(C)C)c2ccc(N(C)C)cc2)CC1. The normalized spacial score (nSPS) is 16.9. The molecule has 1 aliphatic heterocycles. The third kappa shape index (κ3) is 7.01. The lowest BCUT2D eigenvalue weighted by molar-refractivity contribution is -0.156. The van der Waals surface area contributed by atoms with Crippen molar-refractivity contribution in [2.75, 3.05) is 65.4 Å². The number of carbonyl (C=O) groups is 2. The summed E-state index contributed by atoms with van der Waals surface area (Å²) in [7, 11) is 6.17. The van der Waals surface area contributed by atoms with Crippen LogP contribution < -0.4 is 10.2 Å². The second kappa shape index (κ2) is 10.1. The van der Waals surface area contributed by atoms with E-state index in [0.717, 1.165) is 31.9 Å². The van der Waals surface area contributed by atoms with Gasteiger partial charge in [0.1, 0.15) is 0 Å². The number of anilines is 1. The highest BCUT2D eigenvalue weighted by Crippen LogP contribution is 2.24. The van der Waals surface area contributed by atoms with Crippen LogP contribution in [0.1, 0.15) is 32.4 Å². The molecule has 1 aliphatic rings. The number of hydrogen-bond donors (Lipinski definition) is 1. The molecule has 0 aromatic heterocycles. The molecule has 0 saturated carbocycles. The molecule has 0 aliphatic carbocycles. The Morgan fingerprint density at radius 3 is 2.21 bits per heavy atom. The van der Waals surface area contributed by atoms with Crippen LogP contribution in [0.25, 0.3) is 0 Å². The van der Waals surface area contributed by atoms with E-state index in [9.17, 15) is 9.59 Å². The Balaban J connectivity index is 2.02. The fraction of sp³-hybridized carbons (Fsp3) is 0.636. The number of nitrogens with zero attached hydrogens (tertiary/aromatic N) is 3. The van der Waals surface area contributed by atoms with Gasteiger partial charge in [-0.3, -0.25) is 14.5 Å². The van der Waals surface area contributed by atoms with Crippen molar-refractivity contribution in [3.05, 3.63) is 29.8 Å². The Morgan fingerprint density at radius 1 is 1.10 bits per heavy atom. The lowest BCUT2D eigenvalue weighted by atomic mass is 9.97. The molecule has 1 aromatic carbocycles. The van der Waals surface area contributed by atoms with Gasteiger partial charge in [0, 0.05) is 52.5 Å². The van der Waals surface area contributed by atoms with Gasteiger partial charge in [-0.05, 0) is 45.5 Å². The van der Waals surface area contributed by atoms with E-state index in [-0.39, 0.29) is 24.5 Å². The van der Waals surface area contributed by atoms with Gasteiger partial charge < -0.3 is 19.9 Å². The highest BCUT2D eigenvalue weighted by molar-refractivity contribution is 5.82. The maximum atomic E-state index is 12.3. The number of rotatable bonds is 7. The predicted octanol–water partition coefficient (Wildman–Crippen LogP) is 1.75. The highest BCUT2D eigenvalue weighted by Gasteiger charge is 2.26. The number of hydrogen-bond acceptors (Lipinski definition) is 6. The van der Waals surface area contributed by atoms with E-state index in [0.29, 0.717) is 6.54 Å².